The van der Waals surface area contributed by atoms with Crippen molar-refractivity contribution in [3.8, 4) is 0 Å². The van der Waals surface area contributed by atoms with Crippen molar-refractivity contribution in [1.29, 1.82) is 0 Å². The smallest absolute Gasteiger partial charge is 0.238 e. The first kappa shape index (κ1) is 16.9. The van der Waals surface area contributed by atoms with E-state index in [1.54, 1.807) is 12.1 Å². The Labute approximate surface area is 124 Å². The Morgan fingerprint density at radius 1 is 1.35 bits per heavy atom. The minimum atomic E-state index is -3.66. The second kappa shape index (κ2) is 7.03. The molecular weight excluding hydrogens is 302 g/mol. The first-order chi connectivity index (χ1) is 8.97. The molecule has 112 valence electrons. The van der Waals surface area contributed by atoms with Crippen molar-refractivity contribution in [2.24, 2.45) is 5.14 Å². The van der Waals surface area contributed by atoms with Gasteiger partial charge in [-0.1, -0.05) is 12.1 Å². The highest BCUT2D eigenvalue weighted by atomic mass is 35.5. The van der Waals surface area contributed by atoms with Gasteiger partial charge in [-0.05, 0) is 37.1 Å². The van der Waals surface area contributed by atoms with Crippen molar-refractivity contribution in [3.05, 3.63) is 29.8 Å². The first-order valence-corrected chi connectivity index (χ1v) is 7.64. The van der Waals surface area contributed by atoms with Crippen LogP contribution < -0.4 is 15.8 Å². The van der Waals surface area contributed by atoms with Crippen LogP contribution in [0.1, 0.15) is 18.4 Å². The second-order valence-electron chi connectivity index (χ2n) is 4.56. The lowest BCUT2D eigenvalue weighted by molar-refractivity contribution is -0.122. The molecule has 4 N–H and O–H groups in total. The fraction of sp³-hybridized carbons (Fsp3) is 0.417. The van der Waals surface area contributed by atoms with Crippen LogP contribution in [0.5, 0.6) is 0 Å². The van der Waals surface area contributed by atoms with E-state index in [0.29, 0.717) is 6.54 Å². The number of hydrogen-bond acceptors (Lipinski definition) is 4. The number of rotatable bonds is 4. The zero-order valence-corrected chi connectivity index (χ0v) is 12.5. The van der Waals surface area contributed by atoms with Gasteiger partial charge in [0.15, 0.2) is 0 Å². The molecule has 0 bridgehead atoms. The van der Waals surface area contributed by atoms with Gasteiger partial charge in [0, 0.05) is 6.54 Å². The summed E-state index contributed by atoms with van der Waals surface area (Å²) in [5, 5.41) is 10.9. The number of sulfonamides is 1. The Balaban J connectivity index is 0.00000200. The van der Waals surface area contributed by atoms with Crippen LogP contribution >= 0.6 is 12.4 Å². The summed E-state index contributed by atoms with van der Waals surface area (Å²) in [6.07, 6.45) is 1.87. The van der Waals surface area contributed by atoms with E-state index in [1.165, 1.54) is 12.1 Å². The predicted octanol–water partition coefficient (Wildman–Crippen LogP) is 0.124. The molecule has 1 heterocycles. The summed E-state index contributed by atoms with van der Waals surface area (Å²) < 4.78 is 22.2. The van der Waals surface area contributed by atoms with Crippen LogP contribution in [-0.4, -0.2) is 26.9 Å². The summed E-state index contributed by atoms with van der Waals surface area (Å²) in [4.78, 5) is 11.8. The summed E-state index contributed by atoms with van der Waals surface area (Å²) in [6.45, 7) is 1.25. The van der Waals surface area contributed by atoms with Crippen LogP contribution in [0.15, 0.2) is 29.2 Å². The lowest BCUT2D eigenvalue weighted by Gasteiger charge is -2.11. The molecule has 1 aromatic carbocycles. The standard InChI is InChI=1S/C12H17N3O3S.ClH/c13-19(17,18)10-5-3-9(4-6-10)8-15-12(16)11-2-1-7-14-11;/h3-6,11,14H,1-2,7-8H2,(H,15,16)(H2,13,17,18);1H. The van der Waals surface area contributed by atoms with Crippen LogP contribution in [0.4, 0.5) is 0 Å². The van der Waals surface area contributed by atoms with E-state index < -0.39 is 10.0 Å². The highest BCUT2D eigenvalue weighted by Gasteiger charge is 2.21. The third-order valence-corrected chi connectivity index (χ3v) is 4.02. The number of halogens is 1. The molecule has 1 unspecified atom stereocenters. The average Bonchev–Trinajstić information content (AvgIpc) is 2.89. The number of hydrogen-bond donors (Lipinski definition) is 3. The second-order valence-corrected chi connectivity index (χ2v) is 6.12. The van der Waals surface area contributed by atoms with Crippen LogP contribution in [-0.2, 0) is 21.4 Å². The van der Waals surface area contributed by atoms with Gasteiger partial charge in [-0.3, -0.25) is 4.79 Å². The van der Waals surface area contributed by atoms with E-state index in [1.807, 2.05) is 0 Å². The summed E-state index contributed by atoms with van der Waals surface area (Å²) in [5.74, 6) is -0.0203. The zero-order valence-electron chi connectivity index (χ0n) is 10.8. The summed E-state index contributed by atoms with van der Waals surface area (Å²) in [5.41, 5.74) is 0.832. The number of nitrogens with one attached hydrogen (secondary N) is 2. The van der Waals surface area contributed by atoms with Crippen molar-refractivity contribution in [2.45, 2.75) is 30.3 Å². The molecule has 8 heteroatoms. The average molecular weight is 320 g/mol. The summed E-state index contributed by atoms with van der Waals surface area (Å²) in [6, 6.07) is 6.04. The highest BCUT2D eigenvalue weighted by Crippen LogP contribution is 2.09. The molecule has 1 fully saturated rings. The van der Waals surface area contributed by atoms with Gasteiger partial charge in [0.05, 0.1) is 10.9 Å². The van der Waals surface area contributed by atoms with E-state index in [9.17, 15) is 13.2 Å². The highest BCUT2D eigenvalue weighted by molar-refractivity contribution is 7.89. The number of benzene rings is 1. The van der Waals surface area contributed by atoms with E-state index in [-0.39, 0.29) is 29.3 Å². The maximum atomic E-state index is 11.8. The van der Waals surface area contributed by atoms with E-state index in [4.69, 9.17) is 5.14 Å². The van der Waals surface area contributed by atoms with Gasteiger partial charge >= 0.3 is 0 Å². The van der Waals surface area contributed by atoms with Gasteiger partial charge in [0.1, 0.15) is 0 Å². The van der Waals surface area contributed by atoms with Crippen molar-refractivity contribution >= 4 is 28.3 Å². The van der Waals surface area contributed by atoms with Crippen LogP contribution in [0, 0.1) is 0 Å². The SMILES string of the molecule is Cl.NS(=O)(=O)c1ccc(CNC(=O)C2CCCN2)cc1. The number of nitrogens with two attached hydrogens (primary N) is 1. The van der Waals surface area contributed by atoms with Crippen molar-refractivity contribution in [1.82, 2.24) is 10.6 Å². The van der Waals surface area contributed by atoms with E-state index in [0.717, 1.165) is 24.9 Å². The third-order valence-electron chi connectivity index (χ3n) is 3.10. The Hall–Kier alpha value is -1.15. The first-order valence-electron chi connectivity index (χ1n) is 6.09. The molecule has 0 aromatic heterocycles. The molecule has 1 aromatic rings. The number of carbonyl (C=O) groups excluding carboxylic acids is 1. The van der Waals surface area contributed by atoms with Gasteiger partial charge in [0.25, 0.3) is 0 Å². The fourth-order valence-corrected chi connectivity index (χ4v) is 2.53. The third kappa shape index (κ3) is 4.45. The molecule has 1 aliphatic heterocycles. The number of primary sulfonamides is 1. The molecule has 0 saturated carbocycles. The zero-order chi connectivity index (χ0) is 13.9. The van der Waals surface area contributed by atoms with E-state index >= 15 is 0 Å². The van der Waals surface area contributed by atoms with Gasteiger partial charge in [0.2, 0.25) is 15.9 Å². The van der Waals surface area contributed by atoms with Gasteiger partial charge < -0.3 is 10.6 Å². The maximum absolute atomic E-state index is 11.8. The Bertz CT molecular complexity index is 554. The van der Waals surface area contributed by atoms with Gasteiger partial charge in [-0.15, -0.1) is 12.4 Å². The Kier molecular flexibility index (Phi) is 5.94. The van der Waals surface area contributed by atoms with Crippen molar-refractivity contribution < 1.29 is 13.2 Å². The molecule has 1 saturated heterocycles. The number of carbonyl (C=O) groups is 1. The normalized spacial score (nSPS) is 18.4. The fourth-order valence-electron chi connectivity index (χ4n) is 2.02. The lowest BCUT2D eigenvalue weighted by atomic mass is 10.2. The lowest BCUT2D eigenvalue weighted by Crippen LogP contribution is -2.39. The quantitative estimate of drug-likeness (QED) is 0.734. The van der Waals surface area contributed by atoms with Crippen LogP contribution in [0.3, 0.4) is 0 Å². The number of amides is 1. The molecule has 6 nitrogen and oxygen atoms in total. The Morgan fingerprint density at radius 3 is 2.50 bits per heavy atom. The molecule has 0 spiro atoms. The molecule has 20 heavy (non-hydrogen) atoms. The molecule has 1 aliphatic rings. The summed E-state index contributed by atoms with van der Waals surface area (Å²) >= 11 is 0. The minimum Gasteiger partial charge on any atom is -0.351 e. The van der Waals surface area contributed by atoms with Crippen molar-refractivity contribution in [2.75, 3.05) is 6.54 Å². The monoisotopic (exact) mass is 319 g/mol. The van der Waals surface area contributed by atoms with Gasteiger partial charge in [-0.2, -0.15) is 0 Å². The van der Waals surface area contributed by atoms with Crippen LogP contribution in [0.25, 0.3) is 0 Å². The van der Waals surface area contributed by atoms with E-state index in [2.05, 4.69) is 10.6 Å². The molecule has 1 atom stereocenters. The predicted molar refractivity (Wildman–Crippen MR) is 77.9 cm³/mol. The molecule has 1 amide bonds. The van der Waals surface area contributed by atoms with Crippen LogP contribution in [0.2, 0.25) is 0 Å². The largest absolute Gasteiger partial charge is 0.351 e. The molecule has 0 aliphatic carbocycles. The van der Waals surface area contributed by atoms with Gasteiger partial charge in [-0.25, -0.2) is 13.6 Å². The van der Waals surface area contributed by atoms with Crippen molar-refractivity contribution in [3.63, 3.8) is 0 Å². The summed E-state index contributed by atoms with van der Waals surface area (Å²) in [7, 11) is -3.66. The topological polar surface area (TPSA) is 101 Å². The maximum Gasteiger partial charge on any atom is 0.238 e. The molecular formula is C12H18ClN3O3S. The molecule has 2 rings (SSSR count). The minimum absolute atomic E-state index is 0. The Morgan fingerprint density at radius 2 is 2.00 bits per heavy atom. The molecule has 0 radical (unpaired) electrons.